The Bertz CT molecular complexity index is 444. The van der Waals surface area contributed by atoms with Crippen LogP contribution in [-0.2, 0) is 0 Å². The summed E-state index contributed by atoms with van der Waals surface area (Å²) in [5, 5.41) is 11.3. The standard InChI is InChI=1S/C11H11NO3S/c1-3-7(4-2)12-10(13)8-5-6-9(16-8)11(14)15/h1,5-7H,4H2,2H3,(H,12,13)(H,14,15). The van der Waals surface area contributed by atoms with Gasteiger partial charge in [0, 0.05) is 0 Å². The minimum absolute atomic E-state index is 0.138. The van der Waals surface area contributed by atoms with Crippen molar-refractivity contribution < 1.29 is 14.7 Å². The number of carboxylic acid groups (broad SMARTS) is 1. The topological polar surface area (TPSA) is 66.4 Å². The van der Waals surface area contributed by atoms with Crippen molar-refractivity contribution in [2.75, 3.05) is 0 Å². The monoisotopic (exact) mass is 237 g/mol. The van der Waals surface area contributed by atoms with E-state index in [0.717, 1.165) is 11.3 Å². The lowest BCUT2D eigenvalue weighted by atomic mass is 10.2. The van der Waals surface area contributed by atoms with Crippen LogP contribution in [0.15, 0.2) is 12.1 Å². The molecule has 84 valence electrons. The highest BCUT2D eigenvalue weighted by Crippen LogP contribution is 2.16. The Kier molecular flexibility index (Phi) is 4.09. The fourth-order valence-electron chi connectivity index (χ4n) is 1.07. The highest BCUT2D eigenvalue weighted by molar-refractivity contribution is 7.15. The van der Waals surface area contributed by atoms with Crippen molar-refractivity contribution in [1.29, 1.82) is 0 Å². The summed E-state index contributed by atoms with van der Waals surface area (Å²) in [4.78, 5) is 22.7. The first-order valence-corrected chi connectivity index (χ1v) is 5.50. The molecule has 0 saturated heterocycles. The fraction of sp³-hybridized carbons (Fsp3) is 0.273. The summed E-state index contributed by atoms with van der Waals surface area (Å²) in [7, 11) is 0. The number of hydrogen-bond acceptors (Lipinski definition) is 3. The molecular weight excluding hydrogens is 226 g/mol. The number of carboxylic acids is 1. The lowest BCUT2D eigenvalue weighted by molar-refractivity contribution is 0.0702. The molecule has 0 aliphatic rings. The van der Waals surface area contributed by atoms with Crippen LogP contribution in [0.1, 0.15) is 32.7 Å². The number of amides is 1. The number of carbonyl (C=O) groups excluding carboxylic acids is 1. The van der Waals surface area contributed by atoms with Gasteiger partial charge in [-0.1, -0.05) is 12.8 Å². The van der Waals surface area contributed by atoms with Crippen LogP contribution in [0.2, 0.25) is 0 Å². The first-order chi connectivity index (χ1) is 7.58. The van der Waals surface area contributed by atoms with Gasteiger partial charge in [-0.2, -0.15) is 0 Å². The van der Waals surface area contributed by atoms with E-state index < -0.39 is 5.97 Å². The van der Waals surface area contributed by atoms with Crippen molar-refractivity contribution >= 4 is 23.2 Å². The first kappa shape index (κ1) is 12.3. The van der Waals surface area contributed by atoms with Crippen LogP contribution >= 0.6 is 11.3 Å². The molecule has 1 amide bonds. The number of carbonyl (C=O) groups is 2. The van der Waals surface area contributed by atoms with Crippen LogP contribution in [0.25, 0.3) is 0 Å². The molecule has 0 aromatic carbocycles. The molecule has 1 aromatic rings. The van der Waals surface area contributed by atoms with E-state index >= 15 is 0 Å². The van der Waals surface area contributed by atoms with Crippen molar-refractivity contribution in [3.8, 4) is 12.3 Å². The molecule has 1 heterocycles. The number of hydrogen-bond donors (Lipinski definition) is 2. The highest BCUT2D eigenvalue weighted by atomic mass is 32.1. The Balaban J connectivity index is 2.74. The minimum atomic E-state index is -1.03. The fourth-order valence-corrected chi connectivity index (χ4v) is 1.81. The number of rotatable bonds is 4. The lowest BCUT2D eigenvalue weighted by Crippen LogP contribution is -2.32. The van der Waals surface area contributed by atoms with Gasteiger partial charge in [0.15, 0.2) is 0 Å². The molecule has 1 unspecified atom stereocenters. The Morgan fingerprint density at radius 1 is 1.56 bits per heavy atom. The molecule has 0 spiro atoms. The predicted octanol–water partition coefficient (Wildman–Crippen LogP) is 1.59. The molecule has 0 aliphatic heterocycles. The van der Waals surface area contributed by atoms with Gasteiger partial charge >= 0.3 is 5.97 Å². The average molecular weight is 237 g/mol. The normalized spacial score (nSPS) is 11.5. The summed E-state index contributed by atoms with van der Waals surface area (Å²) in [6, 6.07) is 2.56. The van der Waals surface area contributed by atoms with Gasteiger partial charge in [0.1, 0.15) is 4.88 Å². The molecule has 1 aromatic heterocycles. The number of terminal acetylenes is 1. The maximum absolute atomic E-state index is 11.6. The molecule has 2 N–H and O–H groups in total. The summed E-state index contributed by atoms with van der Waals surface area (Å²) in [5.41, 5.74) is 0. The SMILES string of the molecule is C#CC(CC)NC(=O)c1ccc(C(=O)O)s1. The average Bonchev–Trinajstić information content (AvgIpc) is 2.74. The molecule has 4 nitrogen and oxygen atoms in total. The third-order valence-corrected chi connectivity index (χ3v) is 3.03. The molecule has 5 heteroatoms. The minimum Gasteiger partial charge on any atom is -0.477 e. The van der Waals surface area contributed by atoms with E-state index in [1.807, 2.05) is 6.92 Å². The van der Waals surface area contributed by atoms with Crippen molar-refractivity contribution in [2.24, 2.45) is 0 Å². The highest BCUT2D eigenvalue weighted by Gasteiger charge is 2.14. The van der Waals surface area contributed by atoms with E-state index in [0.29, 0.717) is 11.3 Å². The number of thiophene rings is 1. The molecule has 0 radical (unpaired) electrons. The summed E-state index contributed by atoms with van der Waals surface area (Å²) >= 11 is 0.932. The second-order valence-corrected chi connectivity index (χ2v) is 4.15. The summed E-state index contributed by atoms with van der Waals surface area (Å²) in [6.07, 6.45) is 5.85. The largest absolute Gasteiger partial charge is 0.477 e. The van der Waals surface area contributed by atoms with E-state index in [4.69, 9.17) is 11.5 Å². The van der Waals surface area contributed by atoms with Crippen molar-refractivity contribution in [2.45, 2.75) is 19.4 Å². The lowest BCUT2D eigenvalue weighted by Gasteiger charge is -2.08. The quantitative estimate of drug-likeness (QED) is 0.781. The molecule has 1 atom stereocenters. The van der Waals surface area contributed by atoms with Gasteiger partial charge in [0.05, 0.1) is 10.9 Å². The third kappa shape index (κ3) is 2.84. The van der Waals surface area contributed by atoms with Crippen molar-refractivity contribution in [1.82, 2.24) is 5.32 Å². The van der Waals surface area contributed by atoms with E-state index in [1.165, 1.54) is 12.1 Å². The molecule has 0 bridgehead atoms. The molecule has 1 rings (SSSR count). The van der Waals surface area contributed by atoms with Gasteiger partial charge in [0.2, 0.25) is 0 Å². The maximum atomic E-state index is 11.6. The number of nitrogens with one attached hydrogen (secondary N) is 1. The van der Waals surface area contributed by atoms with Crippen LogP contribution in [0.5, 0.6) is 0 Å². The molecule has 0 saturated carbocycles. The van der Waals surface area contributed by atoms with E-state index in [9.17, 15) is 9.59 Å². The van der Waals surface area contributed by atoms with Crippen LogP contribution in [0, 0.1) is 12.3 Å². The van der Waals surface area contributed by atoms with Gasteiger partial charge in [-0.3, -0.25) is 4.79 Å². The third-order valence-electron chi connectivity index (χ3n) is 1.96. The summed E-state index contributed by atoms with van der Waals surface area (Å²) < 4.78 is 0. The van der Waals surface area contributed by atoms with E-state index in [1.54, 1.807) is 0 Å². The predicted molar refractivity (Wildman–Crippen MR) is 61.7 cm³/mol. The van der Waals surface area contributed by atoms with Crippen molar-refractivity contribution in [3.05, 3.63) is 21.9 Å². The van der Waals surface area contributed by atoms with Crippen LogP contribution in [0.4, 0.5) is 0 Å². The zero-order chi connectivity index (χ0) is 12.1. The molecule has 0 fully saturated rings. The zero-order valence-corrected chi connectivity index (χ0v) is 9.50. The molecule has 0 aliphatic carbocycles. The Labute approximate surface area is 97.3 Å². The van der Waals surface area contributed by atoms with Gasteiger partial charge in [-0.15, -0.1) is 17.8 Å². The summed E-state index contributed by atoms with van der Waals surface area (Å²) in [6.45, 7) is 1.86. The molecular formula is C11H11NO3S. The molecule has 16 heavy (non-hydrogen) atoms. The Morgan fingerprint density at radius 3 is 2.62 bits per heavy atom. The van der Waals surface area contributed by atoms with Crippen LogP contribution < -0.4 is 5.32 Å². The maximum Gasteiger partial charge on any atom is 0.345 e. The summed E-state index contributed by atoms with van der Waals surface area (Å²) in [5.74, 6) is 1.07. The second-order valence-electron chi connectivity index (χ2n) is 3.07. The van der Waals surface area contributed by atoms with Gasteiger partial charge in [0.25, 0.3) is 5.91 Å². The number of aromatic carboxylic acids is 1. The van der Waals surface area contributed by atoms with Gasteiger partial charge in [-0.25, -0.2) is 4.79 Å². The Morgan fingerprint density at radius 2 is 2.19 bits per heavy atom. The van der Waals surface area contributed by atoms with Gasteiger partial charge in [-0.05, 0) is 18.6 Å². The van der Waals surface area contributed by atoms with Gasteiger partial charge < -0.3 is 10.4 Å². The second kappa shape index (κ2) is 5.33. The van der Waals surface area contributed by atoms with E-state index in [2.05, 4.69) is 11.2 Å². The zero-order valence-electron chi connectivity index (χ0n) is 8.69. The first-order valence-electron chi connectivity index (χ1n) is 4.68. The van der Waals surface area contributed by atoms with Crippen molar-refractivity contribution in [3.63, 3.8) is 0 Å². The van der Waals surface area contributed by atoms with E-state index in [-0.39, 0.29) is 16.8 Å². The van der Waals surface area contributed by atoms with Crippen LogP contribution in [0.3, 0.4) is 0 Å². The Hall–Kier alpha value is -1.80. The smallest absolute Gasteiger partial charge is 0.345 e. The van der Waals surface area contributed by atoms with Crippen LogP contribution in [-0.4, -0.2) is 23.0 Å².